The summed E-state index contributed by atoms with van der Waals surface area (Å²) in [4.78, 5) is 2.40. The van der Waals surface area contributed by atoms with Gasteiger partial charge in [0.25, 0.3) is 0 Å². The molecule has 5 rings (SSSR count). The molecule has 0 amide bonds. The van der Waals surface area contributed by atoms with Gasteiger partial charge in [0.1, 0.15) is 6.17 Å². The smallest absolute Gasteiger partial charge is 0.130 e. The van der Waals surface area contributed by atoms with Gasteiger partial charge in [-0.2, -0.15) is 0 Å². The van der Waals surface area contributed by atoms with Crippen molar-refractivity contribution in [3.63, 3.8) is 0 Å². The van der Waals surface area contributed by atoms with Crippen molar-refractivity contribution in [2.75, 3.05) is 10.2 Å². The summed E-state index contributed by atoms with van der Waals surface area (Å²) in [6.45, 7) is 2.33. The molecule has 0 saturated heterocycles. The summed E-state index contributed by atoms with van der Waals surface area (Å²) < 4.78 is 0.333. The standard InChI is InChI=1S/C26H27BrN2/c1-26(27)17-15-20(16-18-26)19-11-13-21(14-12-19)25-28-23-9-5-6-10-24(23)29(25)22-7-3-2-4-8-22/h2-14,20,25,28H,15-18H2,1H3. The van der Waals surface area contributed by atoms with Gasteiger partial charge in [-0.15, -0.1) is 0 Å². The lowest BCUT2D eigenvalue weighted by Crippen LogP contribution is -2.24. The second-order valence-electron chi connectivity index (χ2n) is 8.62. The zero-order chi connectivity index (χ0) is 19.8. The second kappa shape index (κ2) is 7.53. The van der Waals surface area contributed by atoms with Gasteiger partial charge in [-0.1, -0.05) is 70.5 Å². The third-order valence-corrected chi connectivity index (χ3v) is 7.29. The lowest BCUT2D eigenvalue weighted by molar-refractivity contribution is 0.385. The number of nitrogens with one attached hydrogen (secondary N) is 1. The number of hydrogen-bond donors (Lipinski definition) is 1. The zero-order valence-corrected chi connectivity index (χ0v) is 18.4. The third kappa shape index (κ3) is 3.69. The van der Waals surface area contributed by atoms with E-state index < -0.39 is 0 Å². The topological polar surface area (TPSA) is 15.3 Å². The van der Waals surface area contributed by atoms with Crippen LogP contribution in [0.3, 0.4) is 0 Å². The fraction of sp³-hybridized carbons (Fsp3) is 0.308. The fourth-order valence-corrected chi connectivity index (χ4v) is 5.23. The molecule has 0 spiro atoms. The number of hydrogen-bond acceptors (Lipinski definition) is 2. The van der Waals surface area contributed by atoms with Crippen LogP contribution in [-0.4, -0.2) is 4.32 Å². The zero-order valence-electron chi connectivity index (χ0n) is 16.8. The number of halogens is 1. The Hall–Kier alpha value is -2.26. The highest BCUT2D eigenvalue weighted by Crippen LogP contribution is 2.46. The normalized spacial score (nSPS) is 26.1. The van der Waals surface area contributed by atoms with Gasteiger partial charge >= 0.3 is 0 Å². The van der Waals surface area contributed by atoms with E-state index in [0.29, 0.717) is 10.2 Å². The SMILES string of the molecule is CC1(Br)CCC(c2ccc(C3Nc4ccccc4N3c3ccccc3)cc2)CC1. The molecule has 1 N–H and O–H groups in total. The summed E-state index contributed by atoms with van der Waals surface area (Å²) in [5.41, 5.74) is 6.42. The van der Waals surface area contributed by atoms with Gasteiger partial charge in [-0.05, 0) is 73.9 Å². The van der Waals surface area contributed by atoms with Crippen molar-refractivity contribution in [1.29, 1.82) is 0 Å². The highest BCUT2D eigenvalue weighted by molar-refractivity contribution is 9.10. The number of fused-ring (bicyclic) bond motifs is 1. The van der Waals surface area contributed by atoms with E-state index in [4.69, 9.17) is 0 Å². The van der Waals surface area contributed by atoms with E-state index in [1.807, 2.05) is 0 Å². The molecule has 1 heterocycles. The molecule has 148 valence electrons. The predicted octanol–water partition coefficient (Wildman–Crippen LogP) is 7.76. The Kier molecular flexibility index (Phi) is 4.87. The van der Waals surface area contributed by atoms with E-state index in [-0.39, 0.29) is 6.17 Å². The van der Waals surface area contributed by atoms with Crippen LogP contribution in [-0.2, 0) is 0 Å². The van der Waals surface area contributed by atoms with Crippen molar-refractivity contribution in [2.45, 2.75) is 49.0 Å². The maximum absolute atomic E-state index is 3.88. The van der Waals surface area contributed by atoms with Crippen LogP contribution in [0, 0.1) is 0 Å². The highest BCUT2D eigenvalue weighted by Gasteiger charge is 2.32. The summed E-state index contributed by atoms with van der Waals surface area (Å²) in [5, 5.41) is 3.73. The lowest BCUT2D eigenvalue weighted by atomic mass is 9.79. The van der Waals surface area contributed by atoms with E-state index in [9.17, 15) is 0 Å². The third-order valence-electron chi connectivity index (χ3n) is 6.50. The maximum atomic E-state index is 3.88. The minimum Gasteiger partial charge on any atom is -0.359 e. The van der Waals surface area contributed by atoms with Crippen LogP contribution >= 0.6 is 15.9 Å². The van der Waals surface area contributed by atoms with Crippen molar-refractivity contribution in [2.24, 2.45) is 0 Å². The number of para-hydroxylation sites is 3. The quantitative estimate of drug-likeness (QED) is 0.413. The molecule has 0 aromatic heterocycles. The van der Waals surface area contributed by atoms with Gasteiger partial charge in [0.05, 0.1) is 11.4 Å². The van der Waals surface area contributed by atoms with Crippen LogP contribution in [0.25, 0.3) is 0 Å². The average molecular weight is 447 g/mol. The molecule has 1 unspecified atom stereocenters. The van der Waals surface area contributed by atoms with Gasteiger partial charge in [0.15, 0.2) is 0 Å². The first-order chi connectivity index (χ1) is 14.1. The van der Waals surface area contributed by atoms with Gasteiger partial charge in [0, 0.05) is 10.0 Å². The van der Waals surface area contributed by atoms with Gasteiger partial charge in [-0.3, -0.25) is 0 Å². The minimum absolute atomic E-state index is 0.112. The summed E-state index contributed by atoms with van der Waals surface area (Å²) in [5.74, 6) is 0.689. The molecule has 1 aliphatic heterocycles. The average Bonchev–Trinajstić information content (AvgIpc) is 3.14. The molecule has 29 heavy (non-hydrogen) atoms. The van der Waals surface area contributed by atoms with Gasteiger partial charge in [-0.25, -0.2) is 0 Å². The van der Waals surface area contributed by atoms with Crippen molar-refractivity contribution in [3.05, 3.63) is 90.0 Å². The molecule has 3 aromatic rings. The van der Waals surface area contributed by atoms with Crippen LogP contribution in [0.1, 0.15) is 55.8 Å². The fourth-order valence-electron chi connectivity index (χ4n) is 4.77. The number of alkyl halides is 1. The Morgan fingerprint density at radius 3 is 2.17 bits per heavy atom. The van der Waals surface area contributed by atoms with Crippen molar-refractivity contribution in [3.8, 4) is 0 Å². The Labute approximate surface area is 182 Å². The molecule has 1 aliphatic carbocycles. The Morgan fingerprint density at radius 1 is 0.828 bits per heavy atom. The highest BCUT2D eigenvalue weighted by atomic mass is 79.9. The van der Waals surface area contributed by atoms with Gasteiger partial charge < -0.3 is 10.2 Å². The molecule has 3 heteroatoms. The first kappa shape index (κ1) is 18.7. The molecule has 0 bridgehead atoms. The maximum Gasteiger partial charge on any atom is 0.130 e. The molecule has 1 atom stereocenters. The van der Waals surface area contributed by atoms with Crippen molar-refractivity contribution >= 4 is 33.0 Å². The van der Waals surface area contributed by atoms with Crippen molar-refractivity contribution in [1.82, 2.24) is 0 Å². The van der Waals surface area contributed by atoms with E-state index in [2.05, 4.69) is 112 Å². The molecule has 1 saturated carbocycles. The summed E-state index contributed by atoms with van der Waals surface area (Å²) in [7, 11) is 0. The molecule has 3 aromatic carbocycles. The van der Waals surface area contributed by atoms with Crippen LogP contribution in [0.5, 0.6) is 0 Å². The number of rotatable bonds is 3. The molecule has 2 aliphatic rings. The van der Waals surface area contributed by atoms with E-state index >= 15 is 0 Å². The molecule has 0 radical (unpaired) electrons. The first-order valence-corrected chi connectivity index (χ1v) is 11.4. The lowest BCUT2D eigenvalue weighted by Gasteiger charge is -2.33. The largest absolute Gasteiger partial charge is 0.359 e. The monoisotopic (exact) mass is 446 g/mol. The van der Waals surface area contributed by atoms with E-state index in [0.717, 1.165) is 0 Å². The molecular weight excluding hydrogens is 420 g/mol. The second-order valence-corrected chi connectivity index (χ2v) is 10.5. The predicted molar refractivity (Wildman–Crippen MR) is 126 cm³/mol. The van der Waals surface area contributed by atoms with Crippen LogP contribution in [0.2, 0.25) is 0 Å². The first-order valence-electron chi connectivity index (χ1n) is 10.6. The minimum atomic E-state index is 0.112. The Morgan fingerprint density at radius 2 is 1.45 bits per heavy atom. The number of anilines is 3. The summed E-state index contributed by atoms with van der Waals surface area (Å²) in [6, 6.07) is 28.6. The van der Waals surface area contributed by atoms with E-state index in [1.54, 1.807) is 0 Å². The number of nitrogens with zero attached hydrogens (tertiary/aromatic N) is 1. The van der Waals surface area contributed by atoms with Gasteiger partial charge in [0.2, 0.25) is 0 Å². The van der Waals surface area contributed by atoms with E-state index in [1.165, 1.54) is 53.9 Å². The van der Waals surface area contributed by atoms with Crippen molar-refractivity contribution < 1.29 is 0 Å². The molecule has 2 nitrogen and oxygen atoms in total. The van der Waals surface area contributed by atoms with Crippen LogP contribution < -0.4 is 10.2 Å². The Balaban J connectivity index is 1.43. The number of benzene rings is 3. The molecule has 1 fully saturated rings. The van der Waals surface area contributed by atoms with Crippen LogP contribution in [0.4, 0.5) is 17.1 Å². The van der Waals surface area contributed by atoms with Crippen LogP contribution in [0.15, 0.2) is 78.9 Å². The summed E-state index contributed by atoms with van der Waals surface area (Å²) in [6.07, 6.45) is 5.15. The Bertz CT molecular complexity index is 971. The summed E-state index contributed by atoms with van der Waals surface area (Å²) >= 11 is 3.88. The molecular formula is C26H27BrN2.